The van der Waals surface area contributed by atoms with E-state index in [2.05, 4.69) is 10.0 Å². The van der Waals surface area contributed by atoms with Crippen molar-refractivity contribution in [1.29, 1.82) is 0 Å². The summed E-state index contributed by atoms with van der Waals surface area (Å²) in [7, 11) is -3.74. The third kappa shape index (κ3) is 5.99. The smallest absolute Gasteiger partial charge is 0.265 e. The molecule has 162 valence electrons. The molecule has 31 heavy (non-hydrogen) atoms. The van der Waals surface area contributed by atoms with E-state index in [4.69, 9.17) is 16.3 Å². The number of nitrogens with one attached hydrogen (secondary N) is 2. The lowest BCUT2D eigenvalue weighted by molar-refractivity contribution is -0.122. The van der Waals surface area contributed by atoms with Crippen LogP contribution in [0.3, 0.4) is 0 Å². The Balaban J connectivity index is 1.67. The van der Waals surface area contributed by atoms with Crippen molar-refractivity contribution in [1.82, 2.24) is 0 Å². The zero-order valence-corrected chi connectivity index (χ0v) is 18.7. The van der Waals surface area contributed by atoms with Crippen LogP contribution in [0.4, 0.5) is 11.4 Å². The van der Waals surface area contributed by atoms with Crippen molar-refractivity contribution < 1.29 is 17.9 Å². The number of sulfonamides is 1. The molecule has 0 aromatic heterocycles. The first kappa shape index (κ1) is 22.7. The summed E-state index contributed by atoms with van der Waals surface area (Å²) in [6.45, 7) is 3.71. The molecule has 3 aromatic rings. The van der Waals surface area contributed by atoms with Crippen LogP contribution in [0.15, 0.2) is 77.7 Å². The van der Waals surface area contributed by atoms with Crippen LogP contribution in [0.2, 0.25) is 5.02 Å². The van der Waals surface area contributed by atoms with Gasteiger partial charge in [0, 0.05) is 11.4 Å². The highest BCUT2D eigenvalue weighted by atomic mass is 35.5. The fraction of sp³-hybridized carbons (Fsp3) is 0.174. The van der Waals surface area contributed by atoms with Crippen molar-refractivity contribution >= 4 is 38.9 Å². The lowest BCUT2D eigenvalue weighted by Crippen LogP contribution is -2.32. The van der Waals surface area contributed by atoms with Crippen molar-refractivity contribution in [3.05, 3.63) is 83.4 Å². The van der Waals surface area contributed by atoms with E-state index in [0.717, 1.165) is 5.56 Å². The van der Waals surface area contributed by atoms with Crippen LogP contribution in [-0.2, 0) is 14.8 Å². The van der Waals surface area contributed by atoms with Gasteiger partial charge in [-0.15, -0.1) is 0 Å². The van der Waals surface area contributed by atoms with Gasteiger partial charge in [-0.1, -0.05) is 42.8 Å². The summed E-state index contributed by atoms with van der Waals surface area (Å²) in [5.74, 6) is 0.0748. The standard InChI is InChI=1S/C23H23ClN2O4S/c1-3-21(30-22-10-5-4-9-20(22)24)23(27)25-17-11-13-19(14-12-17)31(28,29)26-18-8-6-7-16(2)15-18/h4-15,21,26H,3H2,1-2H3,(H,25,27)/t21-/m0/s1. The highest BCUT2D eigenvalue weighted by molar-refractivity contribution is 7.92. The quantitative estimate of drug-likeness (QED) is 0.483. The third-order valence-electron chi connectivity index (χ3n) is 4.47. The highest BCUT2D eigenvalue weighted by Crippen LogP contribution is 2.25. The van der Waals surface area contributed by atoms with Gasteiger partial charge in [-0.2, -0.15) is 0 Å². The fourth-order valence-corrected chi connectivity index (χ4v) is 4.11. The number of para-hydroxylation sites is 1. The normalized spacial score (nSPS) is 12.1. The van der Waals surface area contributed by atoms with Crippen molar-refractivity contribution in [2.75, 3.05) is 10.0 Å². The SMILES string of the molecule is CC[C@H](Oc1ccccc1Cl)C(=O)Nc1ccc(S(=O)(=O)Nc2cccc(C)c2)cc1. The van der Waals surface area contributed by atoms with Crippen LogP contribution < -0.4 is 14.8 Å². The van der Waals surface area contributed by atoms with Crippen LogP contribution in [0.5, 0.6) is 5.75 Å². The predicted molar refractivity (Wildman–Crippen MR) is 123 cm³/mol. The molecule has 8 heteroatoms. The second-order valence-electron chi connectivity index (χ2n) is 6.93. The lowest BCUT2D eigenvalue weighted by Gasteiger charge is -2.18. The number of hydrogen-bond acceptors (Lipinski definition) is 4. The number of carbonyl (C=O) groups excluding carboxylic acids is 1. The average Bonchev–Trinajstić information content (AvgIpc) is 2.73. The van der Waals surface area contributed by atoms with E-state index in [-0.39, 0.29) is 10.8 Å². The van der Waals surface area contributed by atoms with Crippen LogP contribution >= 0.6 is 11.6 Å². The molecular formula is C23H23ClN2O4S. The molecule has 3 rings (SSSR count). The Kier molecular flexibility index (Phi) is 7.20. The second-order valence-corrected chi connectivity index (χ2v) is 9.02. The number of anilines is 2. The summed E-state index contributed by atoms with van der Waals surface area (Å²) in [5, 5.41) is 3.17. The number of carbonyl (C=O) groups is 1. The van der Waals surface area contributed by atoms with Gasteiger partial charge < -0.3 is 10.1 Å². The molecule has 0 saturated heterocycles. The van der Waals surface area contributed by atoms with Crippen LogP contribution in [0.25, 0.3) is 0 Å². The molecule has 0 unspecified atom stereocenters. The summed E-state index contributed by atoms with van der Waals surface area (Å²) in [5.41, 5.74) is 1.89. The maximum Gasteiger partial charge on any atom is 0.265 e. The molecule has 3 aromatic carbocycles. The van der Waals surface area contributed by atoms with Crippen LogP contribution in [0.1, 0.15) is 18.9 Å². The number of hydrogen-bond donors (Lipinski definition) is 2. The largest absolute Gasteiger partial charge is 0.479 e. The van der Waals surface area contributed by atoms with E-state index in [9.17, 15) is 13.2 Å². The Morgan fingerprint density at radius 1 is 1.00 bits per heavy atom. The zero-order valence-electron chi connectivity index (χ0n) is 17.1. The number of aryl methyl sites for hydroxylation is 1. The molecule has 0 radical (unpaired) electrons. The van der Waals surface area contributed by atoms with E-state index in [1.165, 1.54) is 24.3 Å². The van der Waals surface area contributed by atoms with Crippen LogP contribution in [0, 0.1) is 6.92 Å². The second kappa shape index (κ2) is 9.85. The third-order valence-corrected chi connectivity index (χ3v) is 6.18. The average molecular weight is 459 g/mol. The first-order valence-corrected chi connectivity index (χ1v) is 11.6. The molecule has 0 heterocycles. The fourth-order valence-electron chi connectivity index (χ4n) is 2.88. The summed E-state index contributed by atoms with van der Waals surface area (Å²) in [6.07, 6.45) is -0.310. The van der Waals surface area contributed by atoms with Crippen LogP contribution in [-0.4, -0.2) is 20.4 Å². The van der Waals surface area contributed by atoms with E-state index < -0.39 is 16.1 Å². The molecule has 2 N–H and O–H groups in total. The number of amides is 1. The Hall–Kier alpha value is -3.03. The molecule has 0 spiro atoms. The Morgan fingerprint density at radius 2 is 1.71 bits per heavy atom. The Bertz CT molecular complexity index is 1160. The minimum atomic E-state index is -3.74. The van der Waals surface area contributed by atoms with Gasteiger partial charge in [-0.05, 0) is 67.4 Å². The van der Waals surface area contributed by atoms with Gasteiger partial charge in [-0.3, -0.25) is 9.52 Å². The van der Waals surface area contributed by atoms with Gasteiger partial charge in [0.25, 0.3) is 15.9 Å². The monoisotopic (exact) mass is 458 g/mol. The van der Waals surface area contributed by atoms with Gasteiger partial charge in [0.1, 0.15) is 5.75 Å². The molecule has 1 atom stereocenters. The van der Waals surface area contributed by atoms with E-state index in [0.29, 0.717) is 28.6 Å². The number of benzene rings is 3. The lowest BCUT2D eigenvalue weighted by atomic mass is 10.2. The van der Waals surface area contributed by atoms with Gasteiger partial charge in [0.15, 0.2) is 6.10 Å². The molecule has 0 saturated carbocycles. The zero-order chi connectivity index (χ0) is 22.4. The topological polar surface area (TPSA) is 84.5 Å². The summed E-state index contributed by atoms with van der Waals surface area (Å²) >= 11 is 6.10. The Morgan fingerprint density at radius 3 is 2.35 bits per heavy atom. The maximum absolute atomic E-state index is 12.6. The van der Waals surface area contributed by atoms with Gasteiger partial charge in [0.05, 0.1) is 9.92 Å². The van der Waals surface area contributed by atoms with Crippen molar-refractivity contribution in [2.45, 2.75) is 31.3 Å². The number of rotatable bonds is 8. The van der Waals surface area contributed by atoms with Crippen molar-refractivity contribution in [2.24, 2.45) is 0 Å². The first-order valence-electron chi connectivity index (χ1n) is 9.70. The molecule has 0 fully saturated rings. The number of ether oxygens (including phenoxy) is 1. The Labute approximate surface area is 187 Å². The summed E-state index contributed by atoms with van der Waals surface area (Å²) in [4.78, 5) is 12.7. The predicted octanol–water partition coefficient (Wildman–Crippen LogP) is 5.25. The minimum absolute atomic E-state index is 0.0892. The summed E-state index contributed by atoms with van der Waals surface area (Å²) < 4.78 is 33.5. The molecule has 0 aliphatic rings. The molecule has 0 bridgehead atoms. The van der Waals surface area contributed by atoms with Crippen molar-refractivity contribution in [3.8, 4) is 5.75 Å². The van der Waals surface area contributed by atoms with Crippen molar-refractivity contribution in [3.63, 3.8) is 0 Å². The molecule has 0 aliphatic carbocycles. The summed E-state index contributed by atoms with van der Waals surface area (Å²) in [6, 6.07) is 20.0. The maximum atomic E-state index is 12.6. The molecule has 6 nitrogen and oxygen atoms in total. The molecule has 0 aliphatic heterocycles. The minimum Gasteiger partial charge on any atom is -0.479 e. The molecular weight excluding hydrogens is 436 g/mol. The molecule has 1 amide bonds. The van der Waals surface area contributed by atoms with Gasteiger partial charge in [-0.25, -0.2) is 8.42 Å². The van der Waals surface area contributed by atoms with E-state index in [1.54, 1.807) is 42.5 Å². The van der Waals surface area contributed by atoms with Gasteiger partial charge >= 0.3 is 0 Å². The first-order chi connectivity index (χ1) is 14.8. The van der Waals surface area contributed by atoms with E-state index >= 15 is 0 Å². The van der Waals surface area contributed by atoms with E-state index in [1.807, 2.05) is 19.9 Å². The van der Waals surface area contributed by atoms with Gasteiger partial charge in [0.2, 0.25) is 0 Å². The number of halogens is 1. The highest BCUT2D eigenvalue weighted by Gasteiger charge is 2.20.